The molecule has 1 aromatic rings. The summed E-state index contributed by atoms with van der Waals surface area (Å²) in [5, 5.41) is 2.65. The summed E-state index contributed by atoms with van der Waals surface area (Å²) in [6.07, 6.45) is -4.86. The Hall–Kier alpha value is -1.57. The SMILES string of the molecule is COC(=O)[C@]1(NC(=O)Cc2cc(Br)ccc2C)CC[C@@H](C(F)(F)F)CC1. The van der Waals surface area contributed by atoms with Crippen LogP contribution in [-0.4, -0.2) is 30.7 Å². The number of nitrogens with one attached hydrogen (secondary N) is 1. The van der Waals surface area contributed by atoms with Gasteiger partial charge < -0.3 is 10.1 Å². The minimum absolute atomic E-state index is 0.0344. The third kappa shape index (κ3) is 4.78. The average Bonchev–Trinajstić information content (AvgIpc) is 2.57. The van der Waals surface area contributed by atoms with Gasteiger partial charge in [-0.15, -0.1) is 0 Å². The van der Waals surface area contributed by atoms with Gasteiger partial charge in [0.25, 0.3) is 0 Å². The van der Waals surface area contributed by atoms with E-state index in [9.17, 15) is 22.8 Å². The highest BCUT2D eigenvalue weighted by Crippen LogP contribution is 2.41. The molecule has 1 amide bonds. The van der Waals surface area contributed by atoms with Gasteiger partial charge in [0.2, 0.25) is 5.91 Å². The highest BCUT2D eigenvalue weighted by molar-refractivity contribution is 9.10. The zero-order valence-corrected chi connectivity index (χ0v) is 16.2. The fourth-order valence-corrected chi connectivity index (χ4v) is 3.74. The van der Waals surface area contributed by atoms with Crippen LogP contribution >= 0.6 is 15.9 Å². The van der Waals surface area contributed by atoms with Crippen molar-refractivity contribution in [2.75, 3.05) is 7.11 Å². The van der Waals surface area contributed by atoms with Crippen molar-refractivity contribution >= 4 is 27.8 Å². The average molecular weight is 436 g/mol. The van der Waals surface area contributed by atoms with E-state index in [0.29, 0.717) is 0 Å². The van der Waals surface area contributed by atoms with Crippen molar-refractivity contribution in [3.8, 4) is 0 Å². The summed E-state index contributed by atoms with van der Waals surface area (Å²) in [5.41, 5.74) is 0.296. The predicted molar refractivity (Wildman–Crippen MR) is 93.5 cm³/mol. The van der Waals surface area contributed by atoms with Gasteiger partial charge in [0.05, 0.1) is 19.4 Å². The second-order valence-electron chi connectivity index (χ2n) is 6.69. The van der Waals surface area contributed by atoms with Crippen LogP contribution < -0.4 is 5.32 Å². The van der Waals surface area contributed by atoms with E-state index in [2.05, 4.69) is 21.2 Å². The molecule has 144 valence electrons. The largest absolute Gasteiger partial charge is 0.467 e. The molecule has 1 saturated carbocycles. The van der Waals surface area contributed by atoms with Crippen molar-refractivity contribution in [2.45, 2.75) is 50.7 Å². The lowest BCUT2D eigenvalue weighted by Gasteiger charge is -2.38. The van der Waals surface area contributed by atoms with Crippen LogP contribution in [0, 0.1) is 12.8 Å². The summed E-state index contributed by atoms with van der Waals surface area (Å²) in [7, 11) is 1.17. The highest BCUT2D eigenvalue weighted by Gasteiger charge is 2.50. The Morgan fingerprint density at radius 3 is 2.46 bits per heavy atom. The lowest BCUT2D eigenvalue weighted by molar-refractivity contribution is -0.188. The van der Waals surface area contributed by atoms with Crippen molar-refractivity contribution in [3.63, 3.8) is 0 Å². The molecule has 0 unspecified atom stereocenters. The van der Waals surface area contributed by atoms with E-state index in [1.54, 1.807) is 6.07 Å². The normalized spacial score (nSPS) is 23.4. The van der Waals surface area contributed by atoms with Crippen LogP contribution in [0.3, 0.4) is 0 Å². The first-order chi connectivity index (χ1) is 12.1. The molecule has 1 aromatic carbocycles. The molecule has 1 aliphatic rings. The molecule has 0 spiro atoms. The van der Waals surface area contributed by atoms with Gasteiger partial charge in [-0.05, 0) is 55.9 Å². The van der Waals surface area contributed by atoms with Crippen LogP contribution in [0.2, 0.25) is 0 Å². The molecule has 4 nitrogen and oxygen atoms in total. The molecule has 1 fully saturated rings. The maximum Gasteiger partial charge on any atom is 0.391 e. The molecule has 0 radical (unpaired) electrons. The number of rotatable bonds is 4. The number of hydrogen-bond acceptors (Lipinski definition) is 3. The molecule has 0 heterocycles. The number of aryl methyl sites for hydroxylation is 1. The minimum atomic E-state index is -4.29. The second-order valence-corrected chi connectivity index (χ2v) is 7.60. The van der Waals surface area contributed by atoms with Crippen molar-refractivity contribution < 1.29 is 27.5 Å². The summed E-state index contributed by atoms with van der Waals surface area (Å²) < 4.78 is 44.3. The molecule has 0 aliphatic heterocycles. The maximum absolute atomic E-state index is 12.9. The molecular weight excluding hydrogens is 415 g/mol. The molecular formula is C18H21BrF3NO3. The second kappa shape index (κ2) is 7.98. The number of alkyl halides is 3. The standard InChI is InChI=1S/C18H21BrF3NO3/c1-11-3-4-14(19)9-12(11)10-15(24)23-17(16(25)26-2)7-5-13(6-8-17)18(20,21)22/h3-4,9,13H,5-8,10H2,1-2H3,(H,23,24)/t13-,17+. The molecule has 8 heteroatoms. The molecule has 1 N–H and O–H groups in total. The quantitative estimate of drug-likeness (QED) is 0.724. The Morgan fingerprint density at radius 2 is 1.92 bits per heavy atom. The lowest BCUT2D eigenvalue weighted by atomic mass is 9.76. The van der Waals surface area contributed by atoms with Crippen molar-refractivity contribution in [2.24, 2.45) is 5.92 Å². The summed E-state index contributed by atoms with van der Waals surface area (Å²) in [4.78, 5) is 24.7. The van der Waals surface area contributed by atoms with E-state index >= 15 is 0 Å². The smallest absolute Gasteiger partial charge is 0.391 e. The number of halogens is 4. The van der Waals surface area contributed by atoms with E-state index < -0.39 is 29.5 Å². The number of hydrogen-bond donors (Lipinski definition) is 1. The van der Waals surface area contributed by atoms with Gasteiger partial charge in [-0.3, -0.25) is 4.79 Å². The molecule has 0 aromatic heterocycles. The summed E-state index contributed by atoms with van der Waals surface area (Å²) >= 11 is 3.34. The number of benzene rings is 1. The summed E-state index contributed by atoms with van der Waals surface area (Å²) in [5.74, 6) is -2.57. The van der Waals surface area contributed by atoms with Crippen LogP contribution in [0.4, 0.5) is 13.2 Å². The number of methoxy groups -OCH3 is 1. The zero-order chi connectivity index (χ0) is 19.5. The molecule has 26 heavy (non-hydrogen) atoms. The van der Waals surface area contributed by atoms with E-state index in [1.807, 2.05) is 19.1 Å². The van der Waals surface area contributed by atoms with Crippen LogP contribution in [0.1, 0.15) is 36.8 Å². The molecule has 0 bridgehead atoms. The van der Waals surface area contributed by atoms with Gasteiger partial charge in [-0.2, -0.15) is 13.2 Å². The van der Waals surface area contributed by atoms with Gasteiger partial charge >= 0.3 is 12.1 Å². The Labute approximate surface area is 158 Å². The third-order valence-corrected chi connectivity index (χ3v) is 5.41. The van der Waals surface area contributed by atoms with Gasteiger partial charge in [0.15, 0.2) is 0 Å². The Balaban J connectivity index is 2.12. The van der Waals surface area contributed by atoms with Crippen LogP contribution in [0.25, 0.3) is 0 Å². The fraction of sp³-hybridized carbons (Fsp3) is 0.556. The Bertz CT molecular complexity index is 683. The molecule has 0 atom stereocenters. The first-order valence-corrected chi connectivity index (χ1v) is 9.08. The maximum atomic E-state index is 12.9. The molecule has 2 rings (SSSR count). The van der Waals surface area contributed by atoms with Crippen molar-refractivity contribution in [3.05, 3.63) is 33.8 Å². The molecule has 0 saturated heterocycles. The predicted octanol–water partition coefficient (Wildman–Crippen LogP) is 4.08. The fourth-order valence-electron chi connectivity index (χ4n) is 3.33. The van der Waals surface area contributed by atoms with Gasteiger partial charge in [0, 0.05) is 4.47 Å². The van der Waals surface area contributed by atoms with E-state index in [-0.39, 0.29) is 32.1 Å². The number of carbonyl (C=O) groups is 2. The first kappa shape index (κ1) is 20.7. The topological polar surface area (TPSA) is 55.4 Å². The lowest BCUT2D eigenvalue weighted by Crippen LogP contribution is -2.58. The number of esters is 1. The minimum Gasteiger partial charge on any atom is -0.467 e. The van der Waals surface area contributed by atoms with Crippen LogP contribution in [-0.2, 0) is 20.7 Å². The van der Waals surface area contributed by atoms with Crippen molar-refractivity contribution in [1.29, 1.82) is 0 Å². The molecule has 1 aliphatic carbocycles. The van der Waals surface area contributed by atoms with Crippen LogP contribution in [0.5, 0.6) is 0 Å². The first-order valence-electron chi connectivity index (χ1n) is 8.28. The van der Waals surface area contributed by atoms with E-state index in [0.717, 1.165) is 15.6 Å². The number of amides is 1. The number of ether oxygens (including phenoxy) is 1. The monoisotopic (exact) mass is 435 g/mol. The van der Waals surface area contributed by atoms with E-state index in [4.69, 9.17) is 4.74 Å². The van der Waals surface area contributed by atoms with Gasteiger partial charge in [-0.25, -0.2) is 4.79 Å². The van der Waals surface area contributed by atoms with Gasteiger partial charge in [0.1, 0.15) is 5.54 Å². The van der Waals surface area contributed by atoms with Crippen molar-refractivity contribution in [1.82, 2.24) is 5.32 Å². The highest BCUT2D eigenvalue weighted by atomic mass is 79.9. The number of carbonyl (C=O) groups excluding carboxylic acids is 2. The Morgan fingerprint density at radius 1 is 1.31 bits per heavy atom. The summed E-state index contributed by atoms with van der Waals surface area (Å²) in [6.45, 7) is 1.86. The van der Waals surface area contributed by atoms with E-state index in [1.165, 1.54) is 7.11 Å². The zero-order valence-electron chi connectivity index (χ0n) is 14.6. The third-order valence-electron chi connectivity index (χ3n) is 4.92. The van der Waals surface area contributed by atoms with Crippen LogP contribution in [0.15, 0.2) is 22.7 Å². The van der Waals surface area contributed by atoms with Gasteiger partial charge in [-0.1, -0.05) is 22.0 Å². The Kier molecular flexibility index (Phi) is 6.37. The summed E-state index contributed by atoms with van der Waals surface area (Å²) in [6, 6.07) is 5.52.